The van der Waals surface area contributed by atoms with Crippen molar-refractivity contribution in [1.29, 1.82) is 5.26 Å². The lowest BCUT2D eigenvalue weighted by atomic mass is 10.1. The highest BCUT2D eigenvalue weighted by atomic mass is 79.9. The molecule has 1 aromatic carbocycles. The van der Waals surface area contributed by atoms with Gasteiger partial charge in [-0.15, -0.1) is 0 Å². The Morgan fingerprint density at radius 2 is 1.94 bits per heavy atom. The van der Waals surface area contributed by atoms with Crippen LogP contribution < -0.4 is 15.0 Å². The van der Waals surface area contributed by atoms with E-state index < -0.39 is 5.97 Å². The molecule has 1 aliphatic heterocycles. The van der Waals surface area contributed by atoms with Gasteiger partial charge in [-0.05, 0) is 78.0 Å². The number of piperidine rings is 1. The number of ether oxygens (including phenoxy) is 1. The smallest absolute Gasteiger partial charge is 0.335 e. The van der Waals surface area contributed by atoms with Gasteiger partial charge in [0.25, 0.3) is 0 Å². The minimum atomic E-state index is -0.961. The first-order valence-corrected chi connectivity index (χ1v) is 11.6. The van der Waals surface area contributed by atoms with E-state index in [0.29, 0.717) is 33.4 Å². The maximum atomic E-state index is 11.2. The molecule has 0 bridgehead atoms. The molecule has 0 radical (unpaired) electrons. The third-order valence-electron chi connectivity index (χ3n) is 5.64. The molecule has 0 unspecified atom stereocenters. The van der Waals surface area contributed by atoms with Crippen molar-refractivity contribution in [1.82, 2.24) is 15.0 Å². The van der Waals surface area contributed by atoms with Gasteiger partial charge < -0.3 is 20.1 Å². The summed E-state index contributed by atoms with van der Waals surface area (Å²) in [4.78, 5) is 26.5. The second-order valence-electron chi connectivity index (χ2n) is 8.11. The minimum Gasteiger partial charge on any atom is -0.478 e. The van der Waals surface area contributed by atoms with Gasteiger partial charge in [0, 0.05) is 25.3 Å². The molecule has 1 fully saturated rings. The van der Waals surface area contributed by atoms with Crippen molar-refractivity contribution in [3.05, 3.63) is 63.4 Å². The van der Waals surface area contributed by atoms with Crippen molar-refractivity contribution < 1.29 is 14.6 Å². The molecule has 4 rings (SSSR count). The number of carboxylic acid groups (broad SMARTS) is 1. The predicted octanol–water partition coefficient (Wildman–Crippen LogP) is 4.69. The van der Waals surface area contributed by atoms with Crippen LogP contribution in [0, 0.1) is 25.2 Å². The molecule has 0 spiro atoms. The van der Waals surface area contributed by atoms with Gasteiger partial charge in [0.1, 0.15) is 11.6 Å². The van der Waals surface area contributed by atoms with Gasteiger partial charge >= 0.3 is 5.97 Å². The molecular formula is C24H23BrN6O3. The molecular weight excluding hydrogens is 500 g/mol. The number of aryl methyl sites for hydroxylation is 2. The lowest BCUT2D eigenvalue weighted by molar-refractivity contribution is 0.0696. The number of anilines is 2. The van der Waals surface area contributed by atoms with Crippen molar-refractivity contribution in [2.45, 2.75) is 32.7 Å². The largest absolute Gasteiger partial charge is 0.478 e. The van der Waals surface area contributed by atoms with Crippen LogP contribution in [0.3, 0.4) is 0 Å². The first-order chi connectivity index (χ1) is 16.3. The van der Waals surface area contributed by atoms with Gasteiger partial charge in [0.2, 0.25) is 11.8 Å². The van der Waals surface area contributed by atoms with E-state index in [-0.39, 0.29) is 11.6 Å². The quantitative estimate of drug-likeness (QED) is 0.473. The Morgan fingerprint density at radius 3 is 2.59 bits per heavy atom. The maximum Gasteiger partial charge on any atom is 0.335 e. The van der Waals surface area contributed by atoms with Gasteiger partial charge in [0.15, 0.2) is 0 Å². The fourth-order valence-electron chi connectivity index (χ4n) is 3.92. The fourth-order valence-corrected chi connectivity index (χ4v) is 4.20. The third-order valence-corrected chi connectivity index (χ3v) is 6.19. The molecule has 34 heavy (non-hydrogen) atoms. The summed E-state index contributed by atoms with van der Waals surface area (Å²) in [5.41, 5.74) is 2.52. The highest BCUT2D eigenvalue weighted by Gasteiger charge is 2.22. The van der Waals surface area contributed by atoms with Gasteiger partial charge in [0.05, 0.1) is 27.9 Å². The number of pyridine rings is 1. The van der Waals surface area contributed by atoms with Crippen LogP contribution in [-0.4, -0.2) is 45.2 Å². The normalized spacial score (nSPS) is 13.9. The second-order valence-corrected chi connectivity index (χ2v) is 8.97. The molecule has 2 aromatic heterocycles. The number of nitrogens with one attached hydrogen (secondary N) is 1. The van der Waals surface area contributed by atoms with Crippen molar-refractivity contribution in [2.24, 2.45) is 0 Å². The van der Waals surface area contributed by atoms with E-state index in [9.17, 15) is 9.90 Å². The topological polar surface area (TPSA) is 124 Å². The van der Waals surface area contributed by atoms with E-state index >= 15 is 0 Å². The zero-order valence-corrected chi connectivity index (χ0v) is 20.3. The van der Waals surface area contributed by atoms with Gasteiger partial charge in [-0.25, -0.2) is 14.8 Å². The minimum absolute atomic E-state index is 0.159. The predicted molar refractivity (Wildman–Crippen MR) is 130 cm³/mol. The monoisotopic (exact) mass is 522 g/mol. The first-order valence-electron chi connectivity index (χ1n) is 10.8. The lowest BCUT2D eigenvalue weighted by Gasteiger charge is -2.33. The number of rotatable bonds is 6. The Labute approximate surface area is 205 Å². The standard InChI is InChI=1S/C24H23BrN6O3/c1-14-9-16(12-26)10-15(2)21(14)34-22-19(25)13-28-24(30-22)29-18-4-7-31(8-5-18)20-11-17(23(32)33)3-6-27-20/h3,6,9-11,13,18H,4-5,7-8H2,1-2H3,(H,32,33)(H,28,29,30). The zero-order valence-electron chi connectivity index (χ0n) is 18.7. The van der Waals surface area contributed by atoms with E-state index in [0.717, 1.165) is 37.1 Å². The van der Waals surface area contributed by atoms with Crippen LogP contribution in [-0.2, 0) is 0 Å². The Morgan fingerprint density at radius 1 is 1.24 bits per heavy atom. The molecule has 3 aromatic rings. The van der Waals surface area contributed by atoms with E-state index in [1.165, 1.54) is 12.3 Å². The van der Waals surface area contributed by atoms with Gasteiger partial charge in [-0.3, -0.25) is 0 Å². The molecule has 10 heteroatoms. The molecule has 0 aliphatic carbocycles. The average molecular weight is 523 g/mol. The zero-order chi connectivity index (χ0) is 24.2. The summed E-state index contributed by atoms with van der Waals surface area (Å²) in [6.07, 6.45) is 4.82. The summed E-state index contributed by atoms with van der Waals surface area (Å²) < 4.78 is 6.72. The first kappa shape index (κ1) is 23.4. The maximum absolute atomic E-state index is 11.2. The van der Waals surface area contributed by atoms with E-state index in [1.807, 2.05) is 13.8 Å². The molecule has 0 saturated carbocycles. The number of hydrogen-bond donors (Lipinski definition) is 2. The number of carboxylic acids is 1. The van der Waals surface area contributed by atoms with Crippen molar-refractivity contribution in [3.63, 3.8) is 0 Å². The molecule has 3 heterocycles. The SMILES string of the molecule is Cc1cc(C#N)cc(C)c1Oc1nc(NC2CCN(c3cc(C(=O)O)ccn3)CC2)ncc1Br. The summed E-state index contributed by atoms with van der Waals surface area (Å²) in [7, 11) is 0. The summed E-state index contributed by atoms with van der Waals surface area (Å²) >= 11 is 3.45. The van der Waals surface area contributed by atoms with Crippen LogP contribution in [0.5, 0.6) is 11.6 Å². The summed E-state index contributed by atoms with van der Waals surface area (Å²) in [5.74, 6) is 1.22. The molecule has 174 valence electrons. The number of hydrogen-bond acceptors (Lipinski definition) is 8. The van der Waals surface area contributed by atoms with Gasteiger partial charge in [-0.1, -0.05) is 0 Å². The number of carbonyl (C=O) groups is 1. The van der Waals surface area contributed by atoms with Crippen LogP contribution in [0.4, 0.5) is 11.8 Å². The Balaban J connectivity index is 1.42. The van der Waals surface area contributed by atoms with Crippen LogP contribution in [0.1, 0.15) is 39.9 Å². The van der Waals surface area contributed by atoms with Crippen molar-refractivity contribution in [2.75, 3.05) is 23.3 Å². The van der Waals surface area contributed by atoms with Crippen molar-refractivity contribution >= 4 is 33.7 Å². The second kappa shape index (κ2) is 10.1. The summed E-state index contributed by atoms with van der Waals surface area (Å²) in [6.45, 7) is 5.26. The molecule has 9 nitrogen and oxygen atoms in total. The Hall–Kier alpha value is -3.71. The van der Waals surface area contributed by atoms with E-state index in [4.69, 9.17) is 10.00 Å². The Bertz CT molecular complexity index is 1240. The molecule has 1 aliphatic rings. The number of aromatic nitrogens is 3. The number of halogens is 1. The molecule has 2 N–H and O–H groups in total. The summed E-state index contributed by atoms with van der Waals surface area (Å²) in [6, 6.07) is 8.97. The molecule has 0 atom stereocenters. The van der Waals surface area contributed by atoms with Gasteiger partial charge in [-0.2, -0.15) is 10.2 Å². The molecule has 1 saturated heterocycles. The number of benzene rings is 1. The van der Waals surface area contributed by atoms with E-state index in [2.05, 4.69) is 47.2 Å². The van der Waals surface area contributed by atoms with Crippen LogP contribution in [0.15, 0.2) is 41.1 Å². The average Bonchev–Trinajstić information content (AvgIpc) is 2.83. The molecule has 0 amide bonds. The number of nitriles is 1. The lowest BCUT2D eigenvalue weighted by Crippen LogP contribution is -2.39. The fraction of sp³-hybridized carbons (Fsp3) is 0.292. The number of aromatic carboxylic acids is 1. The van der Waals surface area contributed by atoms with Crippen LogP contribution in [0.2, 0.25) is 0 Å². The highest BCUT2D eigenvalue weighted by molar-refractivity contribution is 9.10. The van der Waals surface area contributed by atoms with Crippen LogP contribution >= 0.6 is 15.9 Å². The van der Waals surface area contributed by atoms with E-state index in [1.54, 1.807) is 24.4 Å². The Kier molecular flexibility index (Phi) is 6.93. The number of nitrogens with zero attached hydrogens (tertiary/aromatic N) is 5. The van der Waals surface area contributed by atoms with Crippen LogP contribution in [0.25, 0.3) is 0 Å². The third kappa shape index (κ3) is 5.26. The van der Waals surface area contributed by atoms with Crippen molar-refractivity contribution in [3.8, 4) is 17.7 Å². The summed E-state index contributed by atoms with van der Waals surface area (Å²) in [5, 5.41) is 21.7. The highest BCUT2D eigenvalue weighted by Crippen LogP contribution is 2.33.